The largest absolute Gasteiger partial charge is 0.322 e. The molecule has 0 saturated heterocycles. The zero-order valence-electron chi connectivity index (χ0n) is 12.4. The molecule has 1 atom stereocenters. The van der Waals surface area contributed by atoms with E-state index in [9.17, 15) is 4.39 Å². The van der Waals surface area contributed by atoms with Crippen molar-refractivity contribution in [2.45, 2.75) is 57.2 Å². The first kappa shape index (κ1) is 13.5. The van der Waals surface area contributed by atoms with Gasteiger partial charge >= 0.3 is 0 Å². The van der Waals surface area contributed by atoms with E-state index in [4.69, 9.17) is 0 Å². The van der Waals surface area contributed by atoms with Crippen molar-refractivity contribution in [2.24, 2.45) is 5.92 Å². The standard InChI is InChI=1S/C17H21FN2S/c1-17(18)7-4-12(5-8-17)2-3-14-16-13(6-9-21-16)15-10-19-11-20(14)15/h6,9-12,14H,2-5,7-8H2,1H3/t12?,14-,17?/m1/s1. The summed E-state index contributed by atoms with van der Waals surface area (Å²) in [5, 5.41) is 2.18. The van der Waals surface area contributed by atoms with Gasteiger partial charge in [0, 0.05) is 10.4 Å². The molecule has 2 nitrogen and oxygen atoms in total. The van der Waals surface area contributed by atoms with Gasteiger partial charge in [-0.25, -0.2) is 9.37 Å². The highest BCUT2D eigenvalue weighted by Gasteiger charge is 2.33. The van der Waals surface area contributed by atoms with Crippen LogP contribution in [-0.2, 0) is 0 Å². The van der Waals surface area contributed by atoms with Gasteiger partial charge in [-0.15, -0.1) is 11.3 Å². The van der Waals surface area contributed by atoms with Crippen LogP contribution in [0.15, 0.2) is 24.0 Å². The third kappa shape index (κ3) is 2.33. The molecule has 2 aromatic rings. The predicted octanol–water partition coefficient (Wildman–Crippen LogP) is 5.21. The van der Waals surface area contributed by atoms with Gasteiger partial charge in [0.05, 0.1) is 24.3 Å². The van der Waals surface area contributed by atoms with Gasteiger partial charge in [0.25, 0.3) is 0 Å². The van der Waals surface area contributed by atoms with Crippen molar-refractivity contribution in [1.82, 2.24) is 9.55 Å². The lowest BCUT2D eigenvalue weighted by atomic mass is 9.78. The number of thiophene rings is 1. The number of hydrogen-bond acceptors (Lipinski definition) is 2. The van der Waals surface area contributed by atoms with Gasteiger partial charge < -0.3 is 4.57 Å². The minimum absolute atomic E-state index is 0.455. The molecule has 2 aliphatic rings. The molecule has 0 N–H and O–H groups in total. The number of halogens is 1. The van der Waals surface area contributed by atoms with Crippen molar-refractivity contribution in [2.75, 3.05) is 0 Å². The van der Waals surface area contributed by atoms with Gasteiger partial charge in [-0.05, 0) is 62.8 Å². The second kappa shape index (κ2) is 4.94. The van der Waals surface area contributed by atoms with Crippen LogP contribution in [0.5, 0.6) is 0 Å². The van der Waals surface area contributed by atoms with Crippen molar-refractivity contribution < 1.29 is 4.39 Å². The van der Waals surface area contributed by atoms with Crippen molar-refractivity contribution >= 4 is 11.3 Å². The maximum Gasteiger partial charge on any atom is 0.108 e. The SMILES string of the molecule is CC1(F)CCC(CC[C@@H]2c3sccc3-c3cncn32)CC1. The fourth-order valence-corrected chi connectivity index (χ4v) is 4.95. The van der Waals surface area contributed by atoms with Crippen molar-refractivity contribution in [3.8, 4) is 11.3 Å². The summed E-state index contributed by atoms with van der Waals surface area (Å²) in [5.41, 5.74) is 1.71. The van der Waals surface area contributed by atoms with Crippen LogP contribution in [0, 0.1) is 5.92 Å². The maximum absolute atomic E-state index is 13.9. The molecule has 1 aliphatic carbocycles. The van der Waals surface area contributed by atoms with Gasteiger partial charge in [0.1, 0.15) is 5.67 Å². The Morgan fingerprint density at radius 1 is 1.38 bits per heavy atom. The summed E-state index contributed by atoms with van der Waals surface area (Å²) in [4.78, 5) is 5.79. The number of imidazole rings is 1. The highest BCUT2D eigenvalue weighted by molar-refractivity contribution is 7.10. The Morgan fingerprint density at radius 2 is 2.19 bits per heavy atom. The summed E-state index contributed by atoms with van der Waals surface area (Å²) >= 11 is 1.86. The molecule has 1 aliphatic heterocycles. The molecule has 3 heterocycles. The molecule has 1 fully saturated rings. The summed E-state index contributed by atoms with van der Waals surface area (Å²) in [6, 6.07) is 2.67. The summed E-state index contributed by atoms with van der Waals surface area (Å²) in [7, 11) is 0. The van der Waals surface area contributed by atoms with Gasteiger partial charge in [0.2, 0.25) is 0 Å². The van der Waals surface area contributed by atoms with Crippen molar-refractivity contribution in [3.63, 3.8) is 0 Å². The fraction of sp³-hybridized carbons (Fsp3) is 0.588. The van der Waals surface area contributed by atoms with E-state index in [1.165, 1.54) is 22.6 Å². The van der Waals surface area contributed by atoms with E-state index in [0.717, 1.165) is 32.1 Å². The second-order valence-corrected chi connectivity index (χ2v) is 7.78. The van der Waals surface area contributed by atoms with Gasteiger partial charge in [0.15, 0.2) is 0 Å². The molecule has 4 heteroatoms. The normalized spacial score (nSPS) is 31.1. The zero-order chi connectivity index (χ0) is 14.4. The highest BCUT2D eigenvalue weighted by atomic mass is 32.1. The lowest BCUT2D eigenvalue weighted by Crippen LogP contribution is -2.26. The Hall–Kier alpha value is -1.16. The van der Waals surface area contributed by atoms with E-state index in [2.05, 4.69) is 21.0 Å². The van der Waals surface area contributed by atoms with Crippen LogP contribution in [0.1, 0.15) is 56.4 Å². The molecule has 0 radical (unpaired) electrons. The molecule has 21 heavy (non-hydrogen) atoms. The average Bonchev–Trinajstić information content (AvgIpc) is 3.12. The van der Waals surface area contributed by atoms with E-state index >= 15 is 0 Å². The number of hydrogen-bond donors (Lipinski definition) is 0. The Bertz CT molecular complexity index is 593. The van der Waals surface area contributed by atoms with E-state index < -0.39 is 5.67 Å². The Kier molecular flexibility index (Phi) is 3.18. The quantitative estimate of drug-likeness (QED) is 0.761. The second-order valence-electron chi connectivity index (χ2n) is 6.83. The monoisotopic (exact) mass is 304 g/mol. The third-order valence-electron chi connectivity index (χ3n) is 5.27. The Labute approximate surface area is 129 Å². The Balaban J connectivity index is 1.45. The average molecular weight is 304 g/mol. The maximum atomic E-state index is 13.9. The lowest BCUT2D eigenvalue weighted by Gasteiger charge is -2.31. The first-order valence-electron chi connectivity index (χ1n) is 7.92. The van der Waals surface area contributed by atoms with Crippen molar-refractivity contribution in [3.05, 3.63) is 28.8 Å². The van der Waals surface area contributed by atoms with Crippen LogP contribution < -0.4 is 0 Å². The fourth-order valence-electron chi connectivity index (χ4n) is 3.91. The van der Waals surface area contributed by atoms with Gasteiger partial charge in [-0.3, -0.25) is 0 Å². The van der Waals surface area contributed by atoms with Crippen LogP contribution in [-0.4, -0.2) is 15.2 Å². The number of fused-ring (bicyclic) bond motifs is 3. The van der Waals surface area contributed by atoms with Crippen LogP contribution in [0.4, 0.5) is 4.39 Å². The number of rotatable bonds is 3. The summed E-state index contributed by atoms with van der Waals surface area (Å²) < 4.78 is 16.2. The molecular weight excluding hydrogens is 283 g/mol. The van der Waals surface area contributed by atoms with Crippen LogP contribution >= 0.6 is 11.3 Å². The molecule has 112 valence electrons. The summed E-state index contributed by atoms with van der Waals surface area (Å²) in [6.07, 6.45) is 9.88. The molecule has 0 aromatic carbocycles. The number of aromatic nitrogens is 2. The van der Waals surface area contributed by atoms with Gasteiger partial charge in [-0.2, -0.15) is 0 Å². The van der Waals surface area contributed by atoms with Crippen LogP contribution in [0.25, 0.3) is 11.3 Å². The molecule has 0 amide bonds. The first-order valence-corrected chi connectivity index (χ1v) is 8.80. The van der Waals surface area contributed by atoms with Crippen LogP contribution in [0.3, 0.4) is 0 Å². The molecule has 1 saturated carbocycles. The van der Waals surface area contributed by atoms with E-state index in [0.29, 0.717) is 12.0 Å². The predicted molar refractivity (Wildman–Crippen MR) is 84.4 cm³/mol. The van der Waals surface area contributed by atoms with E-state index in [-0.39, 0.29) is 0 Å². The smallest absolute Gasteiger partial charge is 0.108 e. The molecular formula is C17H21FN2S. The molecule has 0 unspecified atom stereocenters. The molecule has 0 bridgehead atoms. The topological polar surface area (TPSA) is 17.8 Å². The minimum Gasteiger partial charge on any atom is -0.322 e. The summed E-state index contributed by atoms with van der Waals surface area (Å²) in [6.45, 7) is 1.76. The molecule has 4 rings (SSSR count). The van der Waals surface area contributed by atoms with Crippen LogP contribution in [0.2, 0.25) is 0 Å². The summed E-state index contributed by atoms with van der Waals surface area (Å²) in [5.74, 6) is 0.699. The third-order valence-corrected chi connectivity index (χ3v) is 6.29. The van der Waals surface area contributed by atoms with E-state index in [1.54, 1.807) is 6.92 Å². The number of alkyl halides is 1. The first-order chi connectivity index (χ1) is 10.1. The molecule has 2 aromatic heterocycles. The number of nitrogens with zero attached hydrogens (tertiary/aromatic N) is 2. The van der Waals surface area contributed by atoms with Crippen molar-refractivity contribution in [1.29, 1.82) is 0 Å². The highest BCUT2D eigenvalue weighted by Crippen LogP contribution is 2.46. The minimum atomic E-state index is -0.914. The lowest BCUT2D eigenvalue weighted by molar-refractivity contribution is 0.0993. The zero-order valence-corrected chi connectivity index (χ0v) is 13.2. The van der Waals surface area contributed by atoms with Gasteiger partial charge in [-0.1, -0.05) is 0 Å². The molecule has 0 spiro atoms. The Morgan fingerprint density at radius 3 is 3.00 bits per heavy atom. The van der Waals surface area contributed by atoms with E-state index in [1.807, 2.05) is 23.9 Å².